The van der Waals surface area contributed by atoms with Gasteiger partial charge in [-0.2, -0.15) is 0 Å². The van der Waals surface area contributed by atoms with E-state index in [1.54, 1.807) is 0 Å². The molecule has 2 rings (SSSR count). The number of hydrogen-bond donors (Lipinski definition) is 1. The Morgan fingerprint density at radius 3 is 2.89 bits per heavy atom. The highest BCUT2D eigenvalue weighted by Gasteiger charge is 2.34. The van der Waals surface area contributed by atoms with Crippen LogP contribution in [0.3, 0.4) is 0 Å². The van der Waals surface area contributed by atoms with E-state index in [-0.39, 0.29) is 17.4 Å². The molecule has 4 heteroatoms. The Labute approximate surface area is 108 Å². The number of methoxy groups -OCH3 is 1. The van der Waals surface area contributed by atoms with Crippen LogP contribution in [-0.2, 0) is 16.0 Å². The summed E-state index contributed by atoms with van der Waals surface area (Å²) < 4.78 is 6.71. The van der Waals surface area contributed by atoms with Crippen molar-refractivity contribution in [3.63, 3.8) is 0 Å². The van der Waals surface area contributed by atoms with Crippen molar-refractivity contribution in [2.24, 2.45) is 5.41 Å². The van der Waals surface area contributed by atoms with Crippen LogP contribution in [0.15, 0.2) is 12.3 Å². The number of aliphatic hydroxyl groups is 1. The van der Waals surface area contributed by atoms with Gasteiger partial charge in [0.15, 0.2) is 0 Å². The van der Waals surface area contributed by atoms with Crippen LogP contribution in [0.4, 0.5) is 0 Å². The second-order valence-electron chi connectivity index (χ2n) is 5.89. The third-order valence-corrected chi connectivity index (χ3v) is 3.77. The fraction of sp³-hybridized carbons (Fsp3) is 0.643. The Bertz CT molecular complexity index is 462. The van der Waals surface area contributed by atoms with E-state index < -0.39 is 6.10 Å². The number of esters is 1. The number of aromatic nitrogens is 1. The topological polar surface area (TPSA) is 51.5 Å². The largest absolute Gasteiger partial charge is 0.467 e. The number of ether oxygens (including phenoxy) is 1. The summed E-state index contributed by atoms with van der Waals surface area (Å²) in [5.41, 5.74) is 2.06. The van der Waals surface area contributed by atoms with Crippen LogP contribution in [0, 0.1) is 5.41 Å². The number of aliphatic hydroxyl groups excluding tert-OH is 1. The maximum absolute atomic E-state index is 11.6. The zero-order chi connectivity index (χ0) is 13.5. The summed E-state index contributed by atoms with van der Waals surface area (Å²) in [6.07, 6.45) is 3.07. The quantitative estimate of drug-likeness (QED) is 0.820. The van der Waals surface area contributed by atoms with Gasteiger partial charge in [-0.3, -0.25) is 0 Å². The van der Waals surface area contributed by atoms with E-state index in [1.807, 2.05) is 23.8 Å². The number of hydrogen-bond acceptors (Lipinski definition) is 3. The van der Waals surface area contributed by atoms with Gasteiger partial charge in [-0.1, -0.05) is 13.8 Å². The molecular weight excluding hydrogens is 230 g/mol. The third-order valence-electron chi connectivity index (χ3n) is 3.77. The third kappa shape index (κ3) is 2.17. The number of carbonyl (C=O) groups excluding carboxylic acids is 1. The van der Waals surface area contributed by atoms with Gasteiger partial charge in [-0.25, -0.2) is 4.79 Å². The molecule has 0 amide bonds. The maximum atomic E-state index is 11.6. The van der Waals surface area contributed by atoms with Crippen LogP contribution in [0.25, 0.3) is 0 Å². The average Bonchev–Trinajstić information content (AvgIpc) is 2.69. The molecule has 0 saturated carbocycles. The monoisotopic (exact) mass is 251 g/mol. The van der Waals surface area contributed by atoms with E-state index in [0.29, 0.717) is 0 Å². The van der Waals surface area contributed by atoms with Crippen molar-refractivity contribution < 1.29 is 14.6 Å². The fourth-order valence-electron chi connectivity index (χ4n) is 2.80. The van der Waals surface area contributed by atoms with Crippen molar-refractivity contribution in [2.45, 2.75) is 45.8 Å². The number of carbonyl (C=O) groups is 1. The molecule has 0 aliphatic heterocycles. The molecule has 0 fully saturated rings. The minimum atomic E-state index is -0.435. The number of fused-ring (bicyclic) bond motifs is 1. The highest BCUT2D eigenvalue weighted by Crippen LogP contribution is 2.41. The van der Waals surface area contributed by atoms with Crippen LogP contribution in [0.5, 0.6) is 0 Å². The summed E-state index contributed by atoms with van der Waals surface area (Å²) in [5.74, 6) is -0.258. The summed E-state index contributed by atoms with van der Waals surface area (Å²) in [7, 11) is 1.40. The van der Waals surface area contributed by atoms with Crippen LogP contribution in [0.2, 0.25) is 0 Å². The zero-order valence-electron chi connectivity index (χ0n) is 11.4. The lowest BCUT2D eigenvalue weighted by atomic mass is 9.75. The van der Waals surface area contributed by atoms with Crippen molar-refractivity contribution in [3.05, 3.63) is 23.5 Å². The molecule has 0 aromatic carbocycles. The molecule has 2 atom stereocenters. The Morgan fingerprint density at radius 1 is 1.61 bits per heavy atom. The van der Waals surface area contributed by atoms with Gasteiger partial charge in [0.05, 0.1) is 13.2 Å². The van der Waals surface area contributed by atoms with Crippen molar-refractivity contribution in [3.8, 4) is 0 Å². The maximum Gasteiger partial charge on any atom is 0.328 e. The van der Waals surface area contributed by atoms with E-state index in [2.05, 4.69) is 13.8 Å². The fourth-order valence-corrected chi connectivity index (χ4v) is 2.80. The molecule has 4 nitrogen and oxygen atoms in total. The molecule has 1 aromatic heterocycles. The highest BCUT2D eigenvalue weighted by molar-refractivity contribution is 5.73. The van der Waals surface area contributed by atoms with E-state index in [0.717, 1.165) is 24.1 Å². The molecule has 1 aliphatic rings. The second kappa shape index (κ2) is 4.43. The van der Waals surface area contributed by atoms with Crippen molar-refractivity contribution in [2.75, 3.05) is 7.11 Å². The summed E-state index contributed by atoms with van der Waals surface area (Å²) >= 11 is 0. The van der Waals surface area contributed by atoms with Crippen LogP contribution >= 0.6 is 0 Å². The Hall–Kier alpha value is -1.29. The molecule has 0 radical (unpaired) electrons. The van der Waals surface area contributed by atoms with E-state index >= 15 is 0 Å². The van der Waals surface area contributed by atoms with E-state index in [1.165, 1.54) is 7.11 Å². The van der Waals surface area contributed by atoms with E-state index in [4.69, 9.17) is 4.74 Å². The minimum Gasteiger partial charge on any atom is -0.467 e. The molecule has 0 spiro atoms. The second-order valence-corrected chi connectivity index (χ2v) is 5.89. The lowest BCUT2D eigenvalue weighted by molar-refractivity contribution is -0.144. The summed E-state index contributed by atoms with van der Waals surface area (Å²) in [6.45, 7) is 6.10. The first-order chi connectivity index (χ1) is 8.35. The Balaban J connectivity index is 2.39. The van der Waals surface area contributed by atoms with Crippen LogP contribution in [-0.4, -0.2) is 22.8 Å². The minimum absolute atomic E-state index is 0.0539. The summed E-state index contributed by atoms with van der Waals surface area (Å²) in [6, 6.07) is 1.56. The predicted octanol–water partition coefficient (Wildman–Crippen LogP) is 2.23. The van der Waals surface area contributed by atoms with Gasteiger partial charge in [0.1, 0.15) is 6.04 Å². The SMILES string of the molecule is COC(=O)C(C)n1ccc2c1CC(C)(C)CC2O. The van der Waals surface area contributed by atoms with Gasteiger partial charge in [0, 0.05) is 17.5 Å². The standard InChI is InChI=1S/C14H21NO3/c1-9(13(17)18-4)15-6-5-10-11(15)7-14(2,3)8-12(10)16/h5-6,9,12,16H,7-8H2,1-4H3. The Kier molecular flexibility index (Phi) is 3.23. The smallest absolute Gasteiger partial charge is 0.328 e. The number of nitrogens with zero attached hydrogens (tertiary/aromatic N) is 1. The van der Waals surface area contributed by atoms with Gasteiger partial charge in [-0.05, 0) is 31.2 Å². The van der Waals surface area contributed by atoms with Gasteiger partial charge in [-0.15, -0.1) is 0 Å². The molecule has 0 saturated heterocycles. The normalized spacial score (nSPS) is 23.3. The van der Waals surface area contributed by atoms with Gasteiger partial charge in [0.25, 0.3) is 0 Å². The molecule has 1 aromatic rings. The molecule has 0 bridgehead atoms. The molecule has 1 heterocycles. The first-order valence-electron chi connectivity index (χ1n) is 6.31. The lowest BCUT2D eigenvalue weighted by Crippen LogP contribution is -2.28. The van der Waals surface area contributed by atoms with Gasteiger partial charge in [0.2, 0.25) is 0 Å². The predicted molar refractivity (Wildman–Crippen MR) is 68.2 cm³/mol. The Morgan fingerprint density at radius 2 is 2.28 bits per heavy atom. The number of rotatable bonds is 2. The van der Waals surface area contributed by atoms with Crippen LogP contribution < -0.4 is 0 Å². The zero-order valence-corrected chi connectivity index (χ0v) is 11.4. The molecular formula is C14H21NO3. The van der Waals surface area contributed by atoms with E-state index in [9.17, 15) is 9.90 Å². The first-order valence-corrected chi connectivity index (χ1v) is 6.31. The molecule has 2 unspecified atom stereocenters. The van der Waals surface area contributed by atoms with Crippen LogP contribution in [0.1, 0.15) is 50.6 Å². The van der Waals surface area contributed by atoms with Crippen molar-refractivity contribution in [1.82, 2.24) is 4.57 Å². The summed E-state index contributed by atoms with van der Waals surface area (Å²) in [4.78, 5) is 11.6. The first kappa shape index (κ1) is 13.1. The molecule has 1 N–H and O–H groups in total. The highest BCUT2D eigenvalue weighted by atomic mass is 16.5. The van der Waals surface area contributed by atoms with Gasteiger partial charge < -0.3 is 14.4 Å². The lowest BCUT2D eigenvalue weighted by Gasteiger charge is -2.34. The van der Waals surface area contributed by atoms with Gasteiger partial charge >= 0.3 is 5.97 Å². The van der Waals surface area contributed by atoms with Crippen molar-refractivity contribution >= 4 is 5.97 Å². The summed E-state index contributed by atoms with van der Waals surface area (Å²) in [5, 5.41) is 10.2. The molecule has 18 heavy (non-hydrogen) atoms. The van der Waals surface area contributed by atoms with Crippen molar-refractivity contribution in [1.29, 1.82) is 0 Å². The molecule has 100 valence electrons. The average molecular weight is 251 g/mol. The molecule has 1 aliphatic carbocycles.